The Morgan fingerprint density at radius 2 is 2.00 bits per heavy atom. The number of nitrogens with one attached hydrogen (secondary N) is 1. The molecule has 6 heteroatoms. The fourth-order valence-electron chi connectivity index (χ4n) is 1.79. The summed E-state index contributed by atoms with van der Waals surface area (Å²) in [5.41, 5.74) is 0.506. The van der Waals surface area contributed by atoms with Crippen LogP contribution in [-0.4, -0.2) is 36.3 Å². The highest BCUT2D eigenvalue weighted by atomic mass is 16.6. The molecule has 1 aromatic rings. The summed E-state index contributed by atoms with van der Waals surface area (Å²) in [5.74, 6) is 0.369. The number of benzene rings is 1. The van der Waals surface area contributed by atoms with E-state index in [1.807, 2.05) is 20.8 Å². The van der Waals surface area contributed by atoms with E-state index in [-0.39, 0.29) is 6.04 Å². The Balaban J connectivity index is 2.72. The molecule has 0 aromatic heterocycles. The van der Waals surface area contributed by atoms with Gasteiger partial charge in [-0.05, 0) is 39.8 Å². The third-order valence-electron chi connectivity index (χ3n) is 2.76. The SMILES string of the molecule is CCOC(=O)Nc1cccc(OC(=O)N(CC)C(C)C)c1. The van der Waals surface area contributed by atoms with Gasteiger partial charge >= 0.3 is 12.2 Å². The molecule has 0 spiro atoms. The van der Waals surface area contributed by atoms with Gasteiger partial charge in [0.1, 0.15) is 5.75 Å². The highest BCUT2D eigenvalue weighted by Crippen LogP contribution is 2.18. The van der Waals surface area contributed by atoms with Gasteiger partial charge in [-0.2, -0.15) is 0 Å². The molecule has 0 radical (unpaired) electrons. The molecule has 0 bridgehead atoms. The first kappa shape index (κ1) is 16.8. The van der Waals surface area contributed by atoms with Crippen LogP contribution < -0.4 is 10.1 Å². The van der Waals surface area contributed by atoms with Gasteiger partial charge in [0.2, 0.25) is 0 Å². The molecule has 0 aliphatic rings. The molecule has 0 unspecified atom stereocenters. The highest BCUT2D eigenvalue weighted by molar-refractivity contribution is 5.85. The molecular formula is C15H22N2O4. The topological polar surface area (TPSA) is 67.9 Å². The Labute approximate surface area is 125 Å². The molecule has 0 aliphatic heterocycles. The molecule has 2 amide bonds. The first-order chi connectivity index (χ1) is 9.97. The van der Waals surface area contributed by atoms with E-state index < -0.39 is 12.2 Å². The molecule has 0 saturated carbocycles. The van der Waals surface area contributed by atoms with Crippen LogP contribution in [0.25, 0.3) is 0 Å². The van der Waals surface area contributed by atoms with E-state index >= 15 is 0 Å². The molecule has 0 saturated heterocycles. The van der Waals surface area contributed by atoms with Gasteiger partial charge in [-0.25, -0.2) is 9.59 Å². The maximum Gasteiger partial charge on any atom is 0.415 e. The summed E-state index contributed by atoms with van der Waals surface area (Å²) in [6, 6.07) is 6.67. The van der Waals surface area contributed by atoms with Crippen molar-refractivity contribution in [2.75, 3.05) is 18.5 Å². The standard InChI is InChI=1S/C15H22N2O4/c1-5-17(11(3)4)15(19)21-13-9-7-8-12(10-13)16-14(18)20-6-2/h7-11H,5-6H2,1-4H3,(H,16,18). The van der Waals surface area contributed by atoms with Crippen molar-refractivity contribution in [1.82, 2.24) is 4.90 Å². The molecule has 0 heterocycles. The van der Waals surface area contributed by atoms with Gasteiger partial charge in [0.05, 0.1) is 6.61 Å². The second-order valence-corrected chi connectivity index (χ2v) is 4.62. The average Bonchev–Trinajstić information content (AvgIpc) is 2.39. The minimum atomic E-state index is -0.543. The fraction of sp³-hybridized carbons (Fsp3) is 0.467. The predicted molar refractivity (Wildman–Crippen MR) is 80.6 cm³/mol. The molecule has 0 aliphatic carbocycles. The van der Waals surface area contributed by atoms with E-state index in [1.165, 1.54) is 0 Å². The average molecular weight is 294 g/mol. The number of ether oxygens (including phenoxy) is 2. The normalized spacial score (nSPS) is 10.1. The van der Waals surface area contributed by atoms with Crippen molar-refractivity contribution in [3.05, 3.63) is 24.3 Å². The summed E-state index contributed by atoms with van der Waals surface area (Å²) < 4.78 is 10.1. The Bertz CT molecular complexity index is 488. The van der Waals surface area contributed by atoms with Crippen LogP contribution in [0.5, 0.6) is 5.75 Å². The van der Waals surface area contributed by atoms with Crippen LogP contribution in [0.3, 0.4) is 0 Å². The Morgan fingerprint density at radius 1 is 1.29 bits per heavy atom. The van der Waals surface area contributed by atoms with Crippen molar-refractivity contribution in [2.45, 2.75) is 33.7 Å². The lowest BCUT2D eigenvalue weighted by atomic mass is 10.3. The van der Waals surface area contributed by atoms with Crippen LogP contribution in [0.15, 0.2) is 24.3 Å². The smallest absolute Gasteiger partial charge is 0.415 e. The van der Waals surface area contributed by atoms with Gasteiger partial charge in [0, 0.05) is 24.3 Å². The molecule has 21 heavy (non-hydrogen) atoms. The molecule has 0 atom stereocenters. The van der Waals surface area contributed by atoms with E-state index in [0.29, 0.717) is 24.6 Å². The molecule has 1 rings (SSSR count). The summed E-state index contributed by atoms with van der Waals surface area (Å²) in [5, 5.41) is 2.56. The summed E-state index contributed by atoms with van der Waals surface area (Å²) in [6.07, 6.45) is -0.959. The van der Waals surface area contributed by atoms with E-state index in [1.54, 1.807) is 36.1 Å². The summed E-state index contributed by atoms with van der Waals surface area (Å²) in [4.78, 5) is 25.0. The van der Waals surface area contributed by atoms with Crippen LogP contribution in [0.4, 0.5) is 15.3 Å². The van der Waals surface area contributed by atoms with Gasteiger partial charge in [0.25, 0.3) is 0 Å². The lowest BCUT2D eigenvalue weighted by Crippen LogP contribution is -2.38. The van der Waals surface area contributed by atoms with E-state index in [0.717, 1.165) is 0 Å². The van der Waals surface area contributed by atoms with Gasteiger partial charge < -0.3 is 14.4 Å². The fourth-order valence-corrected chi connectivity index (χ4v) is 1.79. The zero-order valence-corrected chi connectivity index (χ0v) is 12.9. The van der Waals surface area contributed by atoms with Crippen molar-refractivity contribution in [2.24, 2.45) is 0 Å². The number of carbonyl (C=O) groups is 2. The Morgan fingerprint density at radius 3 is 2.57 bits per heavy atom. The zero-order valence-electron chi connectivity index (χ0n) is 12.9. The first-order valence-corrected chi connectivity index (χ1v) is 7.00. The zero-order chi connectivity index (χ0) is 15.8. The lowest BCUT2D eigenvalue weighted by molar-refractivity contribution is 0.142. The van der Waals surface area contributed by atoms with Gasteiger partial charge in [-0.3, -0.25) is 5.32 Å². The number of anilines is 1. The molecular weight excluding hydrogens is 272 g/mol. The van der Waals surface area contributed by atoms with Gasteiger partial charge in [0.15, 0.2) is 0 Å². The van der Waals surface area contributed by atoms with Crippen molar-refractivity contribution in [3.8, 4) is 5.75 Å². The third-order valence-corrected chi connectivity index (χ3v) is 2.76. The lowest BCUT2D eigenvalue weighted by Gasteiger charge is -2.24. The van der Waals surface area contributed by atoms with Crippen molar-refractivity contribution >= 4 is 17.9 Å². The van der Waals surface area contributed by atoms with Crippen molar-refractivity contribution in [3.63, 3.8) is 0 Å². The number of carbonyl (C=O) groups excluding carboxylic acids is 2. The number of hydrogen-bond acceptors (Lipinski definition) is 4. The number of nitrogens with zero attached hydrogens (tertiary/aromatic N) is 1. The van der Waals surface area contributed by atoms with E-state index in [4.69, 9.17) is 9.47 Å². The van der Waals surface area contributed by atoms with Crippen LogP contribution in [0.1, 0.15) is 27.7 Å². The van der Waals surface area contributed by atoms with Crippen LogP contribution in [0, 0.1) is 0 Å². The largest absolute Gasteiger partial charge is 0.450 e. The highest BCUT2D eigenvalue weighted by Gasteiger charge is 2.17. The molecule has 1 aromatic carbocycles. The second kappa shape index (κ2) is 8.14. The monoisotopic (exact) mass is 294 g/mol. The van der Waals surface area contributed by atoms with Crippen molar-refractivity contribution < 1.29 is 19.1 Å². The summed E-state index contributed by atoms with van der Waals surface area (Å²) >= 11 is 0. The first-order valence-electron chi connectivity index (χ1n) is 7.00. The third kappa shape index (κ3) is 5.33. The minimum absolute atomic E-state index is 0.0586. The molecule has 116 valence electrons. The number of hydrogen-bond donors (Lipinski definition) is 1. The van der Waals surface area contributed by atoms with Crippen LogP contribution in [-0.2, 0) is 4.74 Å². The van der Waals surface area contributed by atoms with Crippen molar-refractivity contribution in [1.29, 1.82) is 0 Å². The molecule has 1 N–H and O–H groups in total. The Hall–Kier alpha value is -2.24. The molecule has 6 nitrogen and oxygen atoms in total. The summed E-state index contributed by atoms with van der Waals surface area (Å²) in [6.45, 7) is 8.31. The molecule has 0 fully saturated rings. The van der Waals surface area contributed by atoms with Gasteiger partial charge in [-0.1, -0.05) is 6.07 Å². The second-order valence-electron chi connectivity index (χ2n) is 4.62. The summed E-state index contributed by atoms with van der Waals surface area (Å²) in [7, 11) is 0. The van der Waals surface area contributed by atoms with E-state index in [2.05, 4.69) is 5.32 Å². The van der Waals surface area contributed by atoms with E-state index in [9.17, 15) is 9.59 Å². The van der Waals surface area contributed by atoms with Gasteiger partial charge in [-0.15, -0.1) is 0 Å². The minimum Gasteiger partial charge on any atom is -0.450 e. The quantitative estimate of drug-likeness (QED) is 0.902. The van der Waals surface area contributed by atoms with Crippen LogP contribution in [0.2, 0.25) is 0 Å². The van der Waals surface area contributed by atoms with Crippen LogP contribution >= 0.6 is 0 Å². The maximum absolute atomic E-state index is 12.0. The number of amides is 2. The Kier molecular flexibility index (Phi) is 6.52. The maximum atomic E-state index is 12.0. The predicted octanol–water partition coefficient (Wildman–Crippen LogP) is 3.48. The number of rotatable bonds is 5.